The van der Waals surface area contributed by atoms with Crippen LogP contribution in [0.3, 0.4) is 0 Å². The molecule has 29 heavy (non-hydrogen) atoms. The van der Waals surface area contributed by atoms with E-state index < -0.39 is 12.0 Å². The number of ether oxygens (including phenoxy) is 2. The summed E-state index contributed by atoms with van der Waals surface area (Å²) in [6.45, 7) is 7.59. The number of rotatable bonds is 4. The molecule has 0 amide bonds. The van der Waals surface area contributed by atoms with Gasteiger partial charge in [0.15, 0.2) is 5.88 Å². The lowest BCUT2D eigenvalue weighted by atomic mass is 9.99. The molecule has 152 valence electrons. The smallest absolute Gasteiger partial charge is 0.494 e. The Balaban J connectivity index is 1.84. The third kappa shape index (κ3) is 4.93. The van der Waals surface area contributed by atoms with E-state index in [-0.39, 0.29) is 29.3 Å². The van der Waals surface area contributed by atoms with Gasteiger partial charge in [0.05, 0.1) is 12.2 Å². The summed E-state index contributed by atoms with van der Waals surface area (Å²) in [6, 6.07) is 9.85. The lowest BCUT2D eigenvalue weighted by Crippen LogP contribution is -2.20. The summed E-state index contributed by atoms with van der Waals surface area (Å²) in [5.41, 5.74) is 1.38. The van der Waals surface area contributed by atoms with Crippen LogP contribution in [0.4, 0.5) is 14.9 Å². The van der Waals surface area contributed by atoms with Gasteiger partial charge in [-0.1, -0.05) is 39.0 Å². The highest BCUT2D eigenvalue weighted by molar-refractivity contribution is 6.02. The predicted octanol–water partition coefficient (Wildman–Crippen LogP) is 5.63. The number of aromatic nitrogens is 1. The minimum atomic E-state index is -0.862. The number of aromatic hydroxyl groups is 1. The molecule has 0 aliphatic carbocycles. The van der Waals surface area contributed by atoms with Crippen molar-refractivity contribution < 1.29 is 23.8 Å². The van der Waals surface area contributed by atoms with Gasteiger partial charge in [0.2, 0.25) is 0 Å². The van der Waals surface area contributed by atoms with E-state index in [4.69, 9.17) is 9.47 Å². The molecule has 0 saturated carbocycles. The number of aryl methyl sites for hydroxylation is 1. The molecule has 0 aliphatic heterocycles. The number of hydrogen-bond acceptors (Lipinski definition) is 5. The van der Waals surface area contributed by atoms with E-state index in [0.29, 0.717) is 11.1 Å². The number of carbonyl (C=O) groups is 1. The van der Waals surface area contributed by atoms with E-state index in [1.165, 1.54) is 18.3 Å². The fraction of sp³-hybridized carbons (Fsp3) is 0.273. The van der Waals surface area contributed by atoms with Crippen molar-refractivity contribution >= 4 is 29.0 Å². The van der Waals surface area contributed by atoms with Crippen LogP contribution in [0.5, 0.6) is 11.6 Å². The van der Waals surface area contributed by atoms with Gasteiger partial charge in [-0.25, -0.2) is 9.18 Å². The molecule has 0 spiro atoms. The number of hydrogen-bond donors (Lipinski definition) is 2. The van der Waals surface area contributed by atoms with Crippen molar-refractivity contribution in [1.29, 1.82) is 0 Å². The van der Waals surface area contributed by atoms with Gasteiger partial charge in [-0.3, -0.25) is 4.99 Å². The van der Waals surface area contributed by atoms with Gasteiger partial charge in [-0.2, -0.15) is 0 Å². The Hall–Kier alpha value is -3.35. The van der Waals surface area contributed by atoms with Crippen molar-refractivity contribution in [3.63, 3.8) is 0 Å². The van der Waals surface area contributed by atoms with Crippen molar-refractivity contribution in [2.45, 2.75) is 27.7 Å². The van der Waals surface area contributed by atoms with Crippen LogP contribution in [0.25, 0.3) is 10.9 Å². The zero-order valence-electron chi connectivity index (χ0n) is 16.7. The molecular formula is C22H23FN2O4. The monoisotopic (exact) mass is 398 g/mol. The average Bonchev–Trinajstić information content (AvgIpc) is 2.96. The number of aromatic amines is 1. The second-order valence-corrected chi connectivity index (χ2v) is 7.96. The number of fused-ring (bicyclic) bond motifs is 1. The predicted molar refractivity (Wildman–Crippen MR) is 110 cm³/mol. The fourth-order valence-electron chi connectivity index (χ4n) is 2.66. The fourth-order valence-corrected chi connectivity index (χ4v) is 2.66. The summed E-state index contributed by atoms with van der Waals surface area (Å²) in [6.07, 6.45) is 0.503. The van der Waals surface area contributed by atoms with Crippen LogP contribution in [0, 0.1) is 18.2 Å². The SMILES string of the molecule is Cc1cc(F)c(N=Cc2c(O)[nH]c3ccccc23)cc1OC(=O)OCC(C)(C)C. The number of nitrogens with zero attached hydrogens (tertiary/aromatic N) is 1. The van der Waals surface area contributed by atoms with E-state index in [1.54, 1.807) is 6.92 Å². The molecule has 0 unspecified atom stereocenters. The van der Waals surface area contributed by atoms with Crippen molar-refractivity contribution in [1.82, 2.24) is 4.98 Å². The summed E-state index contributed by atoms with van der Waals surface area (Å²) in [5, 5.41) is 10.9. The van der Waals surface area contributed by atoms with E-state index >= 15 is 0 Å². The molecule has 3 rings (SSSR count). The van der Waals surface area contributed by atoms with Crippen LogP contribution in [0.15, 0.2) is 41.4 Å². The summed E-state index contributed by atoms with van der Waals surface area (Å²) < 4.78 is 24.7. The Kier molecular flexibility index (Phi) is 5.59. The average molecular weight is 398 g/mol. The van der Waals surface area contributed by atoms with Gasteiger partial charge in [0.1, 0.15) is 17.3 Å². The lowest BCUT2D eigenvalue weighted by Gasteiger charge is -2.17. The maximum absolute atomic E-state index is 14.4. The molecule has 1 heterocycles. The molecule has 2 aromatic carbocycles. The molecule has 3 aromatic rings. The normalized spacial score (nSPS) is 11.9. The van der Waals surface area contributed by atoms with Crippen LogP contribution in [0.2, 0.25) is 0 Å². The number of aliphatic imine (C=N–C) groups is 1. The zero-order valence-corrected chi connectivity index (χ0v) is 16.7. The molecule has 1 aromatic heterocycles. The minimum Gasteiger partial charge on any atom is -0.494 e. The largest absolute Gasteiger partial charge is 0.513 e. The lowest BCUT2D eigenvalue weighted by molar-refractivity contribution is 0.0683. The molecule has 0 fully saturated rings. The minimum absolute atomic E-state index is 0.0288. The Morgan fingerprint density at radius 1 is 1.28 bits per heavy atom. The van der Waals surface area contributed by atoms with Crippen molar-refractivity contribution in [2.24, 2.45) is 10.4 Å². The van der Waals surface area contributed by atoms with Gasteiger partial charge < -0.3 is 19.6 Å². The standard InChI is InChI=1S/C22H23FN2O4/c1-13-9-16(23)18(10-19(13)29-21(27)28-12-22(2,3)4)24-11-15-14-7-5-6-8-17(14)25-20(15)26/h5-11,25-26H,12H2,1-4H3. The van der Waals surface area contributed by atoms with Gasteiger partial charge in [0, 0.05) is 23.2 Å². The Labute approximate surface area is 168 Å². The first-order valence-electron chi connectivity index (χ1n) is 9.12. The number of H-pyrrole nitrogens is 1. The molecule has 0 radical (unpaired) electrons. The molecule has 0 saturated heterocycles. The van der Waals surface area contributed by atoms with E-state index in [1.807, 2.05) is 45.0 Å². The molecule has 0 aliphatic rings. The molecule has 0 bridgehead atoms. The summed E-state index contributed by atoms with van der Waals surface area (Å²) >= 11 is 0. The zero-order chi connectivity index (χ0) is 21.2. The maximum Gasteiger partial charge on any atom is 0.513 e. The Morgan fingerprint density at radius 2 is 2.00 bits per heavy atom. The quantitative estimate of drug-likeness (QED) is 0.339. The van der Waals surface area contributed by atoms with E-state index in [2.05, 4.69) is 9.98 Å². The van der Waals surface area contributed by atoms with Crippen molar-refractivity contribution in [2.75, 3.05) is 6.61 Å². The Morgan fingerprint density at radius 3 is 2.72 bits per heavy atom. The number of halogens is 1. The number of benzene rings is 2. The highest BCUT2D eigenvalue weighted by atomic mass is 19.1. The first-order valence-corrected chi connectivity index (χ1v) is 9.12. The molecule has 0 atom stereocenters. The Bertz CT molecular complexity index is 1080. The van der Waals surface area contributed by atoms with Crippen LogP contribution in [-0.4, -0.2) is 29.1 Å². The van der Waals surface area contributed by atoms with Crippen LogP contribution >= 0.6 is 0 Å². The summed E-state index contributed by atoms with van der Waals surface area (Å²) in [4.78, 5) is 18.9. The topological polar surface area (TPSA) is 83.9 Å². The highest BCUT2D eigenvalue weighted by Crippen LogP contribution is 2.30. The van der Waals surface area contributed by atoms with Gasteiger partial charge in [-0.15, -0.1) is 0 Å². The van der Waals surface area contributed by atoms with E-state index in [9.17, 15) is 14.3 Å². The van der Waals surface area contributed by atoms with Crippen LogP contribution in [0.1, 0.15) is 31.9 Å². The van der Waals surface area contributed by atoms with Gasteiger partial charge in [0.25, 0.3) is 0 Å². The van der Waals surface area contributed by atoms with Gasteiger partial charge in [-0.05, 0) is 30.0 Å². The van der Waals surface area contributed by atoms with Crippen molar-refractivity contribution in [3.8, 4) is 11.6 Å². The number of nitrogens with one attached hydrogen (secondary N) is 1. The molecular weight excluding hydrogens is 375 g/mol. The van der Waals surface area contributed by atoms with Crippen LogP contribution < -0.4 is 4.74 Å². The van der Waals surface area contributed by atoms with Crippen LogP contribution in [-0.2, 0) is 4.74 Å². The second-order valence-electron chi connectivity index (χ2n) is 7.96. The maximum atomic E-state index is 14.4. The highest BCUT2D eigenvalue weighted by Gasteiger charge is 2.17. The van der Waals surface area contributed by atoms with Gasteiger partial charge >= 0.3 is 6.16 Å². The summed E-state index contributed by atoms with van der Waals surface area (Å²) in [5.74, 6) is -0.487. The second kappa shape index (κ2) is 7.95. The summed E-state index contributed by atoms with van der Waals surface area (Å²) in [7, 11) is 0. The molecule has 6 nitrogen and oxygen atoms in total. The molecule has 2 N–H and O–H groups in total. The molecule has 7 heteroatoms. The first kappa shape index (κ1) is 20.4. The van der Waals surface area contributed by atoms with E-state index in [0.717, 1.165) is 10.9 Å². The first-order chi connectivity index (χ1) is 13.6. The third-order valence-corrected chi connectivity index (χ3v) is 4.12. The third-order valence-electron chi connectivity index (χ3n) is 4.12. The van der Waals surface area contributed by atoms with Crippen molar-refractivity contribution in [3.05, 3.63) is 53.3 Å². The number of para-hydroxylation sites is 1. The number of carbonyl (C=O) groups excluding carboxylic acids is 1.